The lowest BCUT2D eigenvalue weighted by atomic mass is 10.0. The summed E-state index contributed by atoms with van der Waals surface area (Å²) >= 11 is 6.27. The summed E-state index contributed by atoms with van der Waals surface area (Å²) in [5, 5.41) is 3.76. The van der Waals surface area contributed by atoms with Crippen LogP contribution in [0.3, 0.4) is 0 Å². The molecule has 2 aliphatic rings. The Morgan fingerprint density at radius 3 is 2.66 bits per heavy atom. The summed E-state index contributed by atoms with van der Waals surface area (Å²) in [6.07, 6.45) is 4.13. The number of hydrogen-bond acceptors (Lipinski definition) is 2. The molecule has 1 aliphatic carbocycles. The van der Waals surface area contributed by atoms with E-state index in [4.69, 9.17) is 11.6 Å². The van der Waals surface area contributed by atoms with Crippen molar-refractivity contribution in [3.63, 3.8) is 0 Å². The molecule has 2 aromatic carbocycles. The molecule has 1 N–H and O–H groups in total. The highest BCUT2D eigenvalue weighted by molar-refractivity contribution is 6.31. The maximum absolute atomic E-state index is 12.9. The number of piperidine rings is 1. The van der Waals surface area contributed by atoms with Crippen LogP contribution in [-0.4, -0.2) is 29.3 Å². The van der Waals surface area contributed by atoms with E-state index >= 15 is 0 Å². The third-order valence-corrected chi connectivity index (χ3v) is 6.57. The average molecular weight is 411 g/mol. The molecule has 2 aromatic rings. The first-order valence-corrected chi connectivity index (χ1v) is 10.8. The Balaban J connectivity index is 1.42. The zero-order valence-electron chi connectivity index (χ0n) is 17.0. The van der Waals surface area contributed by atoms with E-state index < -0.39 is 0 Å². The van der Waals surface area contributed by atoms with Crippen LogP contribution in [0.5, 0.6) is 0 Å². The largest absolute Gasteiger partial charge is 0.336 e. The highest BCUT2D eigenvalue weighted by Gasteiger charge is 2.44. The van der Waals surface area contributed by atoms with Crippen molar-refractivity contribution < 1.29 is 9.59 Å². The number of amides is 2. The molecule has 1 saturated carbocycles. The lowest BCUT2D eigenvalue weighted by Gasteiger charge is -2.33. The van der Waals surface area contributed by atoms with E-state index in [1.54, 1.807) is 0 Å². The number of halogens is 1. The van der Waals surface area contributed by atoms with E-state index in [1.807, 2.05) is 54.3 Å². The van der Waals surface area contributed by atoms with Crippen LogP contribution in [0, 0.1) is 12.8 Å². The van der Waals surface area contributed by atoms with Crippen molar-refractivity contribution in [1.29, 1.82) is 0 Å². The smallest absolute Gasteiger partial charge is 0.254 e. The van der Waals surface area contributed by atoms with Gasteiger partial charge >= 0.3 is 0 Å². The maximum Gasteiger partial charge on any atom is 0.254 e. The van der Waals surface area contributed by atoms with Crippen molar-refractivity contribution in [2.24, 2.45) is 5.92 Å². The molecular weight excluding hydrogens is 384 g/mol. The molecule has 3 atom stereocenters. The summed E-state index contributed by atoms with van der Waals surface area (Å²) in [6.45, 7) is 4.87. The van der Waals surface area contributed by atoms with Gasteiger partial charge in [0.2, 0.25) is 5.91 Å². The first-order chi connectivity index (χ1) is 14.0. The lowest BCUT2D eigenvalue weighted by molar-refractivity contribution is -0.117. The molecule has 152 valence electrons. The fourth-order valence-corrected chi connectivity index (χ4v) is 4.61. The molecule has 1 aliphatic heterocycles. The van der Waals surface area contributed by atoms with Gasteiger partial charge in [-0.05, 0) is 80.8 Å². The van der Waals surface area contributed by atoms with Gasteiger partial charge in [0.15, 0.2) is 0 Å². The predicted molar refractivity (Wildman–Crippen MR) is 116 cm³/mol. The number of nitrogens with one attached hydrogen (secondary N) is 1. The first-order valence-electron chi connectivity index (χ1n) is 10.4. The molecule has 5 heteroatoms. The SMILES string of the molecule is Cc1cc(C(=O)N2CCCCC2C)ccc1NC(=O)C1CC1c1ccccc1Cl. The fourth-order valence-electron chi connectivity index (χ4n) is 4.33. The van der Waals surface area contributed by atoms with Gasteiger partial charge in [-0.25, -0.2) is 0 Å². The van der Waals surface area contributed by atoms with E-state index in [-0.39, 0.29) is 29.7 Å². The normalized spacial score (nSPS) is 23.6. The molecule has 0 radical (unpaired) electrons. The van der Waals surface area contributed by atoms with Gasteiger partial charge in [-0.15, -0.1) is 0 Å². The summed E-state index contributed by atoms with van der Waals surface area (Å²) in [4.78, 5) is 27.5. The van der Waals surface area contributed by atoms with E-state index in [0.717, 1.165) is 47.6 Å². The number of aryl methyl sites for hydroxylation is 1. The van der Waals surface area contributed by atoms with E-state index in [0.29, 0.717) is 5.56 Å². The summed E-state index contributed by atoms with van der Waals surface area (Å²) in [5.41, 5.74) is 3.41. The molecule has 0 aromatic heterocycles. The molecule has 4 nitrogen and oxygen atoms in total. The van der Waals surface area contributed by atoms with Gasteiger partial charge in [0.25, 0.3) is 5.91 Å². The molecule has 1 saturated heterocycles. The van der Waals surface area contributed by atoms with Crippen LogP contribution in [0.2, 0.25) is 5.02 Å². The second-order valence-electron chi connectivity index (χ2n) is 8.33. The minimum Gasteiger partial charge on any atom is -0.336 e. The van der Waals surface area contributed by atoms with Crippen molar-refractivity contribution in [1.82, 2.24) is 4.90 Å². The van der Waals surface area contributed by atoms with Gasteiger partial charge < -0.3 is 10.2 Å². The minimum atomic E-state index is -0.0511. The number of benzene rings is 2. The third-order valence-electron chi connectivity index (χ3n) is 6.23. The number of hydrogen-bond donors (Lipinski definition) is 1. The molecule has 0 spiro atoms. The van der Waals surface area contributed by atoms with Crippen LogP contribution >= 0.6 is 11.6 Å². The van der Waals surface area contributed by atoms with Crippen LogP contribution in [0.25, 0.3) is 0 Å². The summed E-state index contributed by atoms with van der Waals surface area (Å²) in [5.74, 6) is 0.233. The molecule has 1 heterocycles. The highest BCUT2D eigenvalue weighted by atomic mass is 35.5. The monoisotopic (exact) mass is 410 g/mol. The van der Waals surface area contributed by atoms with Crippen molar-refractivity contribution in [2.75, 3.05) is 11.9 Å². The van der Waals surface area contributed by atoms with E-state index in [1.165, 1.54) is 6.42 Å². The standard InChI is InChI=1S/C24H27ClN2O2/c1-15-13-17(24(29)27-12-6-5-7-16(27)2)10-11-22(15)26-23(28)20-14-19(20)18-8-3-4-9-21(18)25/h3-4,8-11,13,16,19-20H,5-7,12,14H2,1-2H3,(H,26,28). The predicted octanol–water partition coefficient (Wildman–Crippen LogP) is 5.41. The van der Waals surface area contributed by atoms with Crippen LogP contribution in [0.15, 0.2) is 42.5 Å². The Morgan fingerprint density at radius 1 is 1.14 bits per heavy atom. The van der Waals surface area contributed by atoms with Gasteiger partial charge in [-0.2, -0.15) is 0 Å². The molecule has 0 bridgehead atoms. The minimum absolute atomic E-state index is 0.0155. The van der Waals surface area contributed by atoms with Crippen molar-refractivity contribution in [3.05, 3.63) is 64.2 Å². The van der Waals surface area contributed by atoms with E-state index in [2.05, 4.69) is 12.2 Å². The van der Waals surface area contributed by atoms with Crippen LogP contribution in [-0.2, 0) is 4.79 Å². The third kappa shape index (κ3) is 4.18. The maximum atomic E-state index is 12.9. The Bertz CT molecular complexity index is 942. The van der Waals surface area contributed by atoms with Gasteiger partial charge in [-0.1, -0.05) is 29.8 Å². The van der Waals surface area contributed by atoms with E-state index in [9.17, 15) is 9.59 Å². The fraction of sp³-hybridized carbons (Fsp3) is 0.417. The zero-order valence-corrected chi connectivity index (χ0v) is 17.7. The summed E-state index contributed by atoms with van der Waals surface area (Å²) in [7, 11) is 0. The van der Waals surface area contributed by atoms with Gasteiger partial charge in [-0.3, -0.25) is 9.59 Å². The number of nitrogens with zero attached hydrogens (tertiary/aromatic N) is 1. The van der Waals surface area contributed by atoms with Gasteiger partial charge in [0, 0.05) is 34.8 Å². The van der Waals surface area contributed by atoms with Crippen molar-refractivity contribution in [2.45, 2.75) is 51.5 Å². The number of anilines is 1. The topological polar surface area (TPSA) is 49.4 Å². The Kier molecular flexibility index (Phi) is 5.64. The average Bonchev–Trinajstić information content (AvgIpc) is 3.50. The first kappa shape index (κ1) is 20.0. The molecule has 2 fully saturated rings. The second-order valence-corrected chi connectivity index (χ2v) is 8.74. The molecular formula is C24H27ClN2O2. The zero-order chi connectivity index (χ0) is 20.5. The van der Waals surface area contributed by atoms with Gasteiger partial charge in [0.1, 0.15) is 0 Å². The Labute approximate surface area is 177 Å². The molecule has 29 heavy (non-hydrogen) atoms. The summed E-state index contributed by atoms with van der Waals surface area (Å²) in [6, 6.07) is 13.6. The molecule has 3 unspecified atom stereocenters. The highest BCUT2D eigenvalue weighted by Crippen LogP contribution is 2.50. The van der Waals surface area contributed by atoms with Gasteiger partial charge in [0.05, 0.1) is 0 Å². The van der Waals surface area contributed by atoms with Crippen LogP contribution in [0.1, 0.15) is 60.0 Å². The van der Waals surface area contributed by atoms with Crippen LogP contribution in [0.4, 0.5) is 5.69 Å². The molecule has 4 rings (SSSR count). The summed E-state index contributed by atoms with van der Waals surface area (Å²) < 4.78 is 0. The number of rotatable bonds is 4. The molecule has 2 amide bonds. The number of carbonyl (C=O) groups is 2. The Morgan fingerprint density at radius 2 is 1.93 bits per heavy atom. The number of likely N-dealkylation sites (tertiary alicyclic amines) is 1. The van der Waals surface area contributed by atoms with Crippen LogP contribution < -0.4 is 5.32 Å². The quantitative estimate of drug-likeness (QED) is 0.733. The van der Waals surface area contributed by atoms with Crippen molar-refractivity contribution in [3.8, 4) is 0 Å². The Hall–Kier alpha value is -2.33. The lowest BCUT2D eigenvalue weighted by Crippen LogP contribution is -2.42. The number of carbonyl (C=O) groups excluding carboxylic acids is 2. The second kappa shape index (κ2) is 8.19. The van der Waals surface area contributed by atoms with Crippen molar-refractivity contribution >= 4 is 29.1 Å².